The van der Waals surface area contributed by atoms with Crippen LogP contribution in [-0.4, -0.2) is 44.1 Å². The van der Waals surface area contributed by atoms with E-state index in [0.29, 0.717) is 35.2 Å². The zero-order valence-electron chi connectivity index (χ0n) is 22.2. The van der Waals surface area contributed by atoms with E-state index in [2.05, 4.69) is 24.2 Å². The molecule has 3 aromatic rings. The van der Waals surface area contributed by atoms with E-state index in [0.717, 1.165) is 31.1 Å². The van der Waals surface area contributed by atoms with Crippen molar-refractivity contribution in [1.82, 2.24) is 15.0 Å². The number of aromatic nitrogens is 3. The van der Waals surface area contributed by atoms with Crippen LogP contribution >= 0.6 is 0 Å². The van der Waals surface area contributed by atoms with Crippen molar-refractivity contribution in [1.29, 1.82) is 0 Å². The molecule has 0 unspecified atom stereocenters. The molecule has 5 fully saturated rings. The van der Waals surface area contributed by atoms with Gasteiger partial charge >= 0.3 is 5.63 Å². The van der Waals surface area contributed by atoms with Gasteiger partial charge in [0.15, 0.2) is 18.2 Å². The third-order valence-electron chi connectivity index (χ3n) is 9.22. The Morgan fingerprint density at radius 3 is 2.90 bits per heavy atom. The standard InChI is InChI=1S/C28H33N3O8/c1-15-4-7-22-16(2)25(36-26-28(22)21(15)8-9-27(3,37-26)38-39-28)34-14-18-13-31(30-29-18)12-17-10-24(33)35-23-11-19(32)5-6-20(17)23/h5-6,10-11,13,15-16,21-22,25-26,32H,4,7-9,12,14H2,1-3H3/t15-,16-,21+,22+,25+,26-,27-,28-/m1/s1. The van der Waals surface area contributed by atoms with Crippen LogP contribution in [0.4, 0.5) is 0 Å². The van der Waals surface area contributed by atoms with Crippen molar-refractivity contribution in [2.75, 3.05) is 0 Å². The second kappa shape index (κ2) is 9.10. The van der Waals surface area contributed by atoms with Crippen molar-refractivity contribution < 1.29 is 33.5 Å². The molecule has 208 valence electrons. The summed E-state index contributed by atoms with van der Waals surface area (Å²) in [4.78, 5) is 24.1. The van der Waals surface area contributed by atoms with Crippen molar-refractivity contribution >= 4 is 11.0 Å². The second-order valence-electron chi connectivity index (χ2n) is 11.8. The molecule has 1 spiro atoms. The van der Waals surface area contributed by atoms with Gasteiger partial charge in [0.25, 0.3) is 0 Å². The Bertz CT molecular complexity index is 1460. The van der Waals surface area contributed by atoms with Crippen LogP contribution in [0.2, 0.25) is 0 Å². The topological polar surface area (TPSA) is 127 Å². The molecule has 0 amide bonds. The summed E-state index contributed by atoms with van der Waals surface area (Å²) >= 11 is 0. The number of hydrogen-bond acceptors (Lipinski definition) is 10. The van der Waals surface area contributed by atoms with Crippen LogP contribution in [0.5, 0.6) is 5.75 Å². The molecule has 2 bridgehead atoms. The minimum atomic E-state index is -0.830. The normalized spacial score (nSPS) is 37.5. The number of phenols is 1. The number of phenolic OH excluding ortho intramolecular Hbond substituents is 1. The summed E-state index contributed by atoms with van der Waals surface area (Å²) < 4.78 is 26.0. The highest BCUT2D eigenvalue weighted by Gasteiger charge is 2.69. The highest BCUT2D eigenvalue weighted by Crippen LogP contribution is 2.60. The average molecular weight is 540 g/mol. The van der Waals surface area contributed by atoms with Gasteiger partial charge in [-0.1, -0.05) is 19.1 Å². The first kappa shape index (κ1) is 25.2. The van der Waals surface area contributed by atoms with Crippen molar-refractivity contribution in [2.45, 2.75) is 83.6 Å². The molecular formula is C28H33N3O8. The van der Waals surface area contributed by atoms with Crippen LogP contribution in [0.25, 0.3) is 11.0 Å². The summed E-state index contributed by atoms with van der Waals surface area (Å²) in [6.45, 7) is 6.88. The van der Waals surface area contributed by atoms with E-state index in [-0.39, 0.29) is 24.2 Å². The Kier molecular flexibility index (Phi) is 5.87. The SMILES string of the molecule is C[C@H]1[C@@H](OCc2cn(Cc3cc(=O)oc4cc(O)ccc34)nn2)O[C@@H]2O[C@@]3(C)CC[C@H]4[C@H](C)CC[C@@H]1[C@@]24OO3. The summed E-state index contributed by atoms with van der Waals surface area (Å²) in [5, 5.41) is 19.0. The summed E-state index contributed by atoms with van der Waals surface area (Å²) in [5.41, 5.74) is 0.550. The number of benzene rings is 1. The monoisotopic (exact) mass is 539 g/mol. The highest BCUT2D eigenvalue weighted by atomic mass is 17.3. The lowest BCUT2D eigenvalue weighted by Gasteiger charge is -2.60. The number of fused-ring (bicyclic) bond motifs is 3. The molecule has 8 rings (SSSR count). The quantitative estimate of drug-likeness (QED) is 0.377. The van der Waals surface area contributed by atoms with Gasteiger partial charge < -0.3 is 23.7 Å². The second-order valence-corrected chi connectivity index (χ2v) is 11.8. The maximum Gasteiger partial charge on any atom is 0.336 e. The zero-order valence-corrected chi connectivity index (χ0v) is 22.2. The van der Waals surface area contributed by atoms with Crippen molar-refractivity contribution in [3.8, 4) is 5.75 Å². The number of nitrogens with zero attached hydrogens (tertiary/aromatic N) is 3. The molecule has 11 nitrogen and oxygen atoms in total. The van der Waals surface area contributed by atoms with E-state index in [9.17, 15) is 9.90 Å². The predicted octanol–water partition coefficient (Wildman–Crippen LogP) is 3.86. The molecule has 2 aromatic heterocycles. The lowest BCUT2D eigenvalue weighted by molar-refractivity contribution is -0.577. The molecule has 5 aliphatic rings. The lowest BCUT2D eigenvalue weighted by atomic mass is 9.58. The maximum absolute atomic E-state index is 12.0. The zero-order chi connectivity index (χ0) is 26.9. The first-order valence-corrected chi connectivity index (χ1v) is 13.7. The van der Waals surface area contributed by atoms with E-state index >= 15 is 0 Å². The van der Waals surface area contributed by atoms with Gasteiger partial charge in [0.1, 0.15) is 17.0 Å². The lowest BCUT2D eigenvalue weighted by Crippen LogP contribution is -2.70. The third kappa shape index (κ3) is 4.10. The maximum atomic E-state index is 12.0. The van der Waals surface area contributed by atoms with Crippen molar-refractivity contribution in [3.63, 3.8) is 0 Å². The summed E-state index contributed by atoms with van der Waals surface area (Å²) in [6, 6.07) is 6.12. The van der Waals surface area contributed by atoms with Crippen LogP contribution in [0.15, 0.2) is 39.7 Å². The molecule has 4 aliphatic heterocycles. The van der Waals surface area contributed by atoms with Gasteiger partial charge in [0.2, 0.25) is 5.79 Å². The average Bonchev–Trinajstić information content (AvgIpc) is 3.22. The van der Waals surface area contributed by atoms with E-state index in [1.165, 1.54) is 12.1 Å². The Morgan fingerprint density at radius 2 is 2.03 bits per heavy atom. The van der Waals surface area contributed by atoms with Crippen LogP contribution in [0.3, 0.4) is 0 Å². The fourth-order valence-electron chi connectivity index (χ4n) is 7.24. The largest absolute Gasteiger partial charge is 0.508 e. The Morgan fingerprint density at radius 1 is 1.15 bits per heavy atom. The molecule has 1 aliphatic carbocycles. The van der Waals surface area contributed by atoms with Gasteiger partial charge in [-0.3, -0.25) is 0 Å². The Balaban J connectivity index is 1.08. The minimum absolute atomic E-state index is 0.0293. The van der Waals surface area contributed by atoms with Crippen LogP contribution in [0, 0.1) is 23.7 Å². The van der Waals surface area contributed by atoms with Crippen LogP contribution < -0.4 is 5.63 Å². The molecule has 8 atom stereocenters. The first-order valence-electron chi connectivity index (χ1n) is 13.7. The molecular weight excluding hydrogens is 506 g/mol. The van der Waals surface area contributed by atoms with Crippen LogP contribution in [0.1, 0.15) is 57.7 Å². The number of aromatic hydroxyl groups is 1. The van der Waals surface area contributed by atoms with E-state index in [1.54, 1.807) is 23.0 Å². The van der Waals surface area contributed by atoms with E-state index in [4.69, 9.17) is 28.4 Å². The molecule has 39 heavy (non-hydrogen) atoms. The smallest absolute Gasteiger partial charge is 0.336 e. The van der Waals surface area contributed by atoms with Gasteiger partial charge in [-0.05, 0) is 55.7 Å². The number of rotatable bonds is 5. The summed E-state index contributed by atoms with van der Waals surface area (Å²) in [5.74, 6) is 0.239. The Hall–Kier alpha value is -2.83. The molecule has 0 radical (unpaired) electrons. The fourth-order valence-corrected chi connectivity index (χ4v) is 7.24. The fraction of sp³-hybridized carbons (Fsp3) is 0.607. The van der Waals surface area contributed by atoms with Gasteiger partial charge in [-0.2, -0.15) is 0 Å². The molecule has 4 saturated heterocycles. The van der Waals surface area contributed by atoms with Crippen molar-refractivity contribution in [3.05, 3.63) is 52.1 Å². The van der Waals surface area contributed by atoms with E-state index in [1.807, 2.05) is 6.92 Å². The molecule has 1 aromatic carbocycles. The molecule has 6 heterocycles. The molecule has 11 heteroatoms. The van der Waals surface area contributed by atoms with Gasteiger partial charge in [0.05, 0.1) is 19.3 Å². The van der Waals surface area contributed by atoms with E-state index < -0.39 is 29.6 Å². The third-order valence-corrected chi connectivity index (χ3v) is 9.22. The van der Waals surface area contributed by atoms with Crippen LogP contribution in [-0.2, 0) is 37.1 Å². The van der Waals surface area contributed by atoms with Gasteiger partial charge in [-0.15, -0.1) is 5.10 Å². The Labute approximate surface area is 224 Å². The number of ether oxygens (including phenoxy) is 3. The minimum Gasteiger partial charge on any atom is -0.508 e. The highest BCUT2D eigenvalue weighted by molar-refractivity contribution is 5.81. The predicted molar refractivity (Wildman–Crippen MR) is 135 cm³/mol. The van der Waals surface area contributed by atoms with Crippen molar-refractivity contribution in [2.24, 2.45) is 23.7 Å². The molecule has 1 N–H and O–H groups in total. The van der Waals surface area contributed by atoms with Gasteiger partial charge in [-0.25, -0.2) is 19.3 Å². The summed E-state index contributed by atoms with van der Waals surface area (Å²) in [7, 11) is 0. The summed E-state index contributed by atoms with van der Waals surface area (Å²) in [6.07, 6.45) is 4.60. The first-order chi connectivity index (χ1) is 18.7. The van der Waals surface area contributed by atoms with Gasteiger partial charge in [0, 0.05) is 35.8 Å². The number of hydrogen-bond donors (Lipinski definition) is 1. The molecule has 1 saturated carbocycles.